The first-order valence-electron chi connectivity index (χ1n) is 8.35. The molecule has 1 atom stereocenters. The average molecular weight is 339 g/mol. The van der Waals surface area contributed by atoms with Crippen LogP contribution >= 0.6 is 0 Å². The molecule has 25 heavy (non-hydrogen) atoms. The van der Waals surface area contributed by atoms with Crippen LogP contribution in [0.1, 0.15) is 40.4 Å². The molecule has 1 aliphatic carbocycles. The Morgan fingerprint density at radius 2 is 1.88 bits per heavy atom. The fourth-order valence-electron chi connectivity index (χ4n) is 3.09. The predicted octanol–water partition coefficient (Wildman–Crippen LogP) is 3.05. The summed E-state index contributed by atoms with van der Waals surface area (Å²) in [6.07, 6.45) is 3.07. The number of hydrogen-bond acceptors (Lipinski definition) is 4. The van der Waals surface area contributed by atoms with Crippen molar-refractivity contribution in [3.8, 4) is 5.75 Å². The molecule has 1 N–H and O–H groups in total. The van der Waals surface area contributed by atoms with Gasteiger partial charge in [-0.1, -0.05) is 24.3 Å². The highest BCUT2D eigenvalue weighted by Gasteiger charge is 2.21. The van der Waals surface area contributed by atoms with Gasteiger partial charge in [0.1, 0.15) is 5.75 Å². The summed E-state index contributed by atoms with van der Waals surface area (Å²) in [4.78, 5) is 23.6. The van der Waals surface area contributed by atoms with Crippen molar-refractivity contribution >= 4 is 11.9 Å². The van der Waals surface area contributed by atoms with Gasteiger partial charge >= 0.3 is 5.97 Å². The van der Waals surface area contributed by atoms with Gasteiger partial charge in [-0.2, -0.15) is 0 Å². The number of carbonyl (C=O) groups is 2. The summed E-state index contributed by atoms with van der Waals surface area (Å²) in [5.41, 5.74) is 2.95. The Balaban J connectivity index is 1.54. The quantitative estimate of drug-likeness (QED) is 0.851. The van der Waals surface area contributed by atoms with Crippen molar-refractivity contribution in [2.24, 2.45) is 0 Å². The number of esters is 1. The lowest BCUT2D eigenvalue weighted by molar-refractivity contribution is -0.124. The molecular weight excluding hydrogens is 318 g/mol. The van der Waals surface area contributed by atoms with Crippen LogP contribution in [0.15, 0.2) is 48.5 Å². The first-order valence-corrected chi connectivity index (χ1v) is 8.35. The number of methoxy groups -OCH3 is 1. The molecule has 0 aromatic heterocycles. The molecule has 0 aliphatic heterocycles. The molecule has 1 unspecified atom stereocenters. The molecule has 3 rings (SSSR count). The van der Waals surface area contributed by atoms with Crippen LogP contribution in [0.5, 0.6) is 5.75 Å². The minimum absolute atomic E-state index is 0.0442. The molecule has 0 fully saturated rings. The smallest absolute Gasteiger partial charge is 0.337 e. The Hall–Kier alpha value is -2.82. The minimum atomic E-state index is -0.403. The maximum Gasteiger partial charge on any atom is 0.337 e. The first-order chi connectivity index (χ1) is 12.2. The van der Waals surface area contributed by atoms with Crippen LogP contribution in [0.3, 0.4) is 0 Å². The van der Waals surface area contributed by atoms with Gasteiger partial charge < -0.3 is 14.8 Å². The number of ether oxygens (including phenoxy) is 2. The Labute approximate surface area is 147 Å². The topological polar surface area (TPSA) is 64.6 Å². The standard InChI is InChI=1S/C20H21NO4/c1-24-20(23)15-9-11-16(12-10-15)25-13-19(22)21-18-8-4-6-14-5-2-3-7-17(14)18/h2-3,5,7,9-12,18H,4,6,8,13H2,1H3,(H,21,22). The number of nitrogens with one attached hydrogen (secondary N) is 1. The highest BCUT2D eigenvalue weighted by atomic mass is 16.5. The number of amides is 1. The van der Waals surface area contributed by atoms with E-state index in [-0.39, 0.29) is 18.6 Å². The lowest BCUT2D eigenvalue weighted by Gasteiger charge is -2.26. The SMILES string of the molecule is COC(=O)c1ccc(OCC(=O)NC2CCCc3ccccc32)cc1. The fourth-order valence-corrected chi connectivity index (χ4v) is 3.09. The molecule has 0 bridgehead atoms. The van der Waals surface area contributed by atoms with E-state index in [1.165, 1.54) is 18.2 Å². The number of fused-ring (bicyclic) bond motifs is 1. The van der Waals surface area contributed by atoms with E-state index in [1.54, 1.807) is 24.3 Å². The maximum atomic E-state index is 12.2. The molecule has 0 heterocycles. The molecule has 130 valence electrons. The van der Waals surface area contributed by atoms with E-state index in [0.717, 1.165) is 19.3 Å². The lowest BCUT2D eigenvalue weighted by Crippen LogP contribution is -2.34. The van der Waals surface area contributed by atoms with Crippen LogP contribution < -0.4 is 10.1 Å². The second-order valence-electron chi connectivity index (χ2n) is 6.02. The van der Waals surface area contributed by atoms with Gasteiger partial charge in [-0.3, -0.25) is 4.79 Å². The van der Waals surface area contributed by atoms with Gasteiger partial charge in [0.25, 0.3) is 5.91 Å². The molecule has 2 aromatic carbocycles. The third-order valence-electron chi connectivity index (χ3n) is 4.35. The lowest BCUT2D eigenvalue weighted by atomic mass is 9.88. The van der Waals surface area contributed by atoms with Crippen LogP contribution in [0, 0.1) is 0 Å². The van der Waals surface area contributed by atoms with Gasteiger partial charge in [0, 0.05) is 0 Å². The average Bonchev–Trinajstić information content (AvgIpc) is 2.66. The van der Waals surface area contributed by atoms with E-state index in [1.807, 2.05) is 12.1 Å². The van der Waals surface area contributed by atoms with E-state index >= 15 is 0 Å². The zero-order valence-corrected chi connectivity index (χ0v) is 14.2. The number of rotatable bonds is 5. The largest absolute Gasteiger partial charge is 0.484 e. The monoisotopic (exact) mass is 339 g/mol. The van der Waals surface area contributed by atoms with Crippen molar-refractivity contribution in [1.29, 1.82) is 0 Å². The highest BCUT2D eigenvalue weighted by Crippen LogP contribution is 2.29. The van der Waals surface area contributed by atoms with E-state index < -0.39 is 5.97 Å². The summed E-state index contributed by atoms with van der Waals surface area (Å²) < 4.78 is 10.1. The molecule has 5 nitrogen and oxygen atoms in total. The molecule has 0 radical (unpaired) electrons. The van der Waals surface area contributed by atoms with E-state index in [4.69, 9.17) is 4.74 Å². The minimum Gasteiger partial charge on any atom is -0.484 e. The highest BCUT2D eigenvalue weighted by molar-refractivity contribution is 5.89. The van der Waals surface area contributed by atoms with Crippen molar-refractivity contribution in [2.75, 3.05) is 13.7 Å². The van der Waals surface area contributed by atoms with Crippen LogP contribution in [0.25, 0.3) is 0 Å². The van der Waals surface area contributed by atoms with Gasteiger partial charge in [-0.25, -0.2) is 4.79 Å². The molecule has 0 saturated carbocycles. The molecule has 0 spiro atoms. The number of aryl methyl sites for hydroxylation is 1. The summed E-state index contributed by atoms with van der Waals surface area (Å²) in [5.74, 6) is -0.0224. The third-order valence-corrected chi connectivity index (χ3v) is 4.35. The zero-order valence-electron chi connectivity index (χ0n) is 14.2. The first kappa shape index (κ1) is 17.0. The van der Waals surface area contributed by atoms with Crippen LogP contribution in [-0.4, -0.2) is 25.6 Å². The Morgan fingerprint density at radius 1 is 1.12 bits per heavy atom. The van der Waals surface area contributed by atoms with Crippen molar-refractivity contribution in [3.63, 3.8) is 0 Å². The summed E-state index contributed by atoms with van der Waals surface area (Å²) in [6.45, 7) is -0.0593. The van der Waals surface area contributed by atoms with Gasteiger partial charge in [0.05, 0.1) is 18.7 Å². The molecule has 1 amide bonds. The van der Waals surface area contributed by atoms with Crippen molar-refractivity contribution in [2.45, 2.75) is 25.3 Å². The van der Waals surface area contributed by atoms with Crippen LogP contribution in [0.2, 0.25) is 0 Å². The van der Waals surface area contributed by atoms with Gasteiger partial charge in [0.15, 0.2) is 6.61 Å². The van der Waals surface area contributed by atoms with Gasteiger partial charge in [0.2, 0.25) is 0 Å². The Morgan fingerprint density at radius 3 is 2.64 bits per heavy atom. The Kier molecular flexibility index (Phi) is 5.33. The van der Waals surface area contributed by atoms with E-state index in [2.05, 4.69) is 22.2 Å². The van der Waals surface area contributed by atoms with Crippen molar-refractivity contribution in [1.82, 2.24) is 5.32 Å². The molecule has 5 heteroatoms. The normalized spacial score (nSPS) is 15.8. The van der Waals surface area contributed by atoms with Crippen molar-refractivity contribution in [3.05, 3.63) is 65.2 Å². The maximum absolute atomic E-state index is 12.2. The molecular formula is C20H21NO4. The number of carbonyl (C=O) groups excluding carboxylic acids is 2. The predicted molar refractivity (Wildman–Crippen MR) is 93.5 cm³/mol. The second-order valence-corrected chi connectivity index (χ2v) is 6.02. The third kappa shape index (κ3) is 4.18. The van der Waals surface area contributed by atoms with Gasteiger partial charge in [-0.05, 0) is 54.7 Å². The number of benzene rings is 2. The van der Waals surface area contributed by atoms with Crippen LogP contribution in [-0.2, 0) is 16.0 Å². The zero-order chi connectivity index (χ0) is 17.6. The summed E-state index contributed by atoms with van der Waals surface area (Å²) >= 11 is 0. The van der Waals surface area contributed by atoms with E-state index in [9.17, 15) is 9.59 Å². The summed E-state index contributed by atoms with van der Waals surface area (Å²) in [5, 5.41) is 3.05. The number of hydrogen-bond donors (Lipinski definition) is 1. The fraction of sp³-hybridized carbons (Fsp3) is 0.300. The van der Waals surface area contributed by atoms with Crippen molar-refractivity contribution < 1.29 is 19.1 Å². The Bertz CT molecular complexity index is 755. The molecule has 0 saturated heterocycles. The molecule has 2 aromatic rings. The second kappa shape index (κ2) is 7.83. The van der Waals surface area contributed by atoms with Gasteiger partial charge in [-0.15, -0.1) is 0 Å². The molecule has 1 aliphatic rings. The van der Waals surface area contributed by atoms with E-state index in [0.29, 0.717) is 11.3 Å². The van der Waals surface area contributed by atoms with Crippen LogP contribution in [0.4, 0.5) is 0 Å². The summed E-state index contributed by atoms with van der Waals surface area (Å²) in [7, 11) is 1.33. The summed E-state index contributed by atoms with van der Waals surface area (Å²) in [6, 6.07) is 14.8.